The highest BCUT2D eigenvalue weighted by Gasteiger charge is 2.30. The van der Waals surface area contributed by atoms with Gasteiger partial charge in [-0.2, -0.15) is 13.2 Å². The van der Waals surface area contributed by atoms with Crippen LogP contribution in [0, 0.1) is 0 Å². The van der Waals surface area contributed by atoms with E-state index < -0.39 is 11.7 Å². The molecule has 1 aromatic carbocycles. The molecule has 1 amide bonds. The molecule has 0 atom stereocenters. The van der Waals surface area contributed by atoms with Crippen molar-refractivity contribution in [3.8, 4) is 0 Å². The van der Waals surface area contributed by atoms with Gasteiger partial charge in [0, 0.05) is 18.8 Å². The number of amides is 1. The predicted octanol–water partition coefficient (Wildman–Crippen LogP) is 3.76. The number of nitrogens with one attached hydrogen (secondary N) is 1. The number of anilines is 1. The fourth-order valence-electron chi connectivity index (χ4n) is 2.09. The number of likely N-dealkylation sites (tertiary alicyclic amines) is 1. The molecule has 0 aliphatic carbocycles. The summed E-state index contributed by atoms with van der Waals surface area (Å²) in [5.74, 6) is -0.281. The highest BCUT2D eigenvalue weighted by molar-refractivity contribution is 8.23. The molecule has 3 nitrogen and oxygen atoms in total. The van der Waals surface area contributed by atoms with E-state index in [4.69, 9.17) is 12.2 Å². The zero-order chi connectivity index (χ0) is 16.2. The van der Waals surface area contributed by atoms with Gasteiger partial charge in [-0.05, 0) is 31.0 Å². The Kier molecular flexibility index (Phi) is 5.69. The molecule has 120 valence electrons. The van der Waals surface area contributed by atoms with Gasteiger partial charge >= 0.3 is 6.18 Å². The highest BCUT2D eigenvalue weighted by atomic mass is 32.2. The Labute approximate surface area is 136 Å². The summed E-state index contributed by atoms with van der Waals surface area (Å²) in [5.41, 5.74) is -0.655. The van der Waals surface area contributed by atoms with E-state index in [1.54, 1.807) is 0 Å². The fraction of sp³-hybridized carbons (Fsp3) is 0.429. The number of carbonyl (C=O) groups excluding carboxylic acids is 1. The predicted molar refractivity (Wildman–Crippen MR) is 85.9 cm³/mol. The van der Waals surface area contributed by atoms with Gasteiger partial charge in [-0.15, -0.1) is 0 Å². The lowest BCUT2D eigenvalue weighted by Gasteiger charge is -2.17. The molecule has 1 aliphatic heterocycles. The Hall–Kier alpha value is -1.28. The lowest BCUT2D eigenvalue weighted by Crippen LogP contribution is -2.25. The maximum atomic E-state index is 12.6. The number of nitrogens with zero attached hydrogens (tertiary/aromatic N) is 1. The molecule has 8 heteroatoms. The van der Waals surface area contributed by atoms with Gasteiger partial charge in [0.1, 0.15) is 4.32 Å². The number of halogens is 3. The number of hydrogen-bond donors (Lipinski definition) is 1. The van der Waals surface area contributed by atoms with Crippen LogP contribution in [0.25, 0.3) is 0 Å². The van der Waals surface area contributed by atoms with Crippen molar-refractivity contribution in [2.75, 3.05) is 24.2 Å². The van der Waals surface area contributed by atoms with Crippen LogP contribution in [0.1, 0.15) is 18.4 Å². The van der Waals surface area contributed by atoms with Gasteiger partial charge in [0.2, 0.25) is 5.91 Å². The SMILES string of the molecule is O=C(CSC(=S)N1CCCC1)Nc1cccc(C(F)(F)F)c1. The number of rotatable bonds is 3. The van der Waals surface area contributed by atoms with E-state index in [9.17, 15) is 18.0 Å². The normalized spacial score (nSPS) is 15.0. The monoisotopic (exact) mass is 348 g/mol. The third-order valence-electron chi connectivity index (χ3n) is 3.16. The fourth-order valence-corrected chi connectivity index (χ4v) is 3.14. The number of thiocarbonyl (C=S) groups is 1. The summed E-state index contributed by atoms with van der Waals surface area (Å²) >= 11 is 6.46. The van der Waals surface area contributed by atoms with Crippen LogP contribution in [-0.4, -0.2) is 34.0 Å². The van der Waals surface area contributed by atoms with Crippen LogP contribution < -0.4 is 5.32 Å². The van der Waals surface area contributed by atoms with Crippen molar-refractivity contribution >= 4 is 39.9 Å². The molecule has 2 rings (SSSR count). The van der Waals surface area contributed by atoms with Gasteiger partial charge in [-0.25, -0.2) is 0 Å². The molecule has 1 heterocycles. The maximum Gasteiger partial charge on any atom is 0.416 e. The zero-order valence-corrected chi connectivity index (χ0v) is 13.3. The molecule has 1 fully saturated rings. The number of carbonyl (C=O) groups is 1. The van der Waals surface area contributed by atoms with Gasteiger partial charge in [0.05, 0.1) is 11.3 Å². The second-order valence-corrected chi connectivity index (χ2v) is 6.48. The summed E-state index contributed by atoms with van der Waals surface area (Å²) in [6.45, 7) is 1.81. The smallest absolute Gasteiger partial charge is 0.358 e. The molecule has 1 aliphatic rings. The zero-order valence-electron chi connectivity index (χ0n) is 11.7. The first-order valence-electron chi connectivity index (χ1n) is 6.75. The van der Waals surface area contributed by atoms with Crippen LogP contribution in [0.5, 0.6) is 0 Å². The van der Waals surface area contributed by atoms with Crippen molar-refractivity contribution < 1.29 is 18.0 Å². The summed E-state index contributed by atoms with van der Waals surface area (Å²) in [5, 5.41) is 2.46. The van der Waals surface area contributed by atoms with Crippen molar-refractivity contribution in [1.29, 1.82) is 0 Å². The van der Waals surface area contributed by atoms with Gasteiger partial charge in [0.15, 0.2) is 0 Å². The van der Waals surface area contributed by atoms with Gasteiger partial charge in [-0.1, -0.05) is 30.0 Å². The van der Waals surface area contributed by atoms with E-state index in [0.29, 0.717) is 4.32 Å². The number of thioether (sulfide) groups is 1. The van der Waals surface area contributed by atoms with Crippen LogP contribution in [0.4, 0.5) is 18.9 Å². The van der Waals surface area contributed by atoms with Crippen LogP contribution in [0.15, 0.2) is 24.3 Å². The highest BCUT2D eigenvalue weighted by Crippen LogP contribution is 2.30. The molecule has 0 unspecified atom stereocenters. The molecule has 0 bridgehead atoms. The number of alkyl halides is 3. The summed E-state index contributed by atoms with van der Waals surface area (Å²) in [6, 6.07) is 4.57. The lowest BCUT2D eigenvalue weighted by molar-refractivity contribution is -0.137. The van der Waals surface area contributed by atoms with E-state index in [1.165, 1.54) is 23.9 Å². The lowest BCUT2D eigenvalue weighted by atomic mass is 10.2. The minimum atomic E-state index is -4.42. The van der Waals surface area contributed by atoms with Crippen molar-refractivity contribution in [3.05, 3.63) is 29.8 Å². The molecule has 0 aromatic heterocycles. The first-order valence-corrected chi connectivity index (χ1v) is 8.14. The van der Waals surface area contributed by atoms with Crippen molar-refractivity contribution in [2.24, 2.45) is 0 Å². The molecule has 1 aromatic rings. The third kappa shape index (κ3) is 4.88. The first kappa shape index (κ1) is 17.1. The molecule has 0 radical (unpaired) electrons. The summed E-state index contributed by atoms with van der Waals surface area (Å²) in [7, 11) is 0. The third-order valence-corrected chi connectivity index (χ3v) is 4.69. The molecular weight excluding hydrogens is 333 g/mol. The first-order chi connectivity index (χ1) is 10.4. The number of benzene rings is 1. The quantitative estimate of drug-likeness (QED) is 0.843. The van der Waals surface area contributed by atoms with Crippen LogP contribution in [-0.2, 0) is 11.0 Å². The average Bonchev–Trinajstić information content (AvgIpc) is 2.98. The maximum absolute atomic E-state index is 12.6. The van der Waals surface area contributed by atoms with Crippen molar-refractivity contribution in [3.63, 3.8) is 0 Å². The Morgan fingerprint density at radius 1 is 1.32 bits per heavy atom. The molecule has 0 saturated carbocycles. The summed E-state index contributed by atoms with van der Waals surface area (Å²) in [4.78, 5) is 13.8. The van der Waals surface area contributed by atoms with Gasteiger partial charge in [0.25, 0.3) is 0 Å². The van der Waals surface area contributed by atoms with Gasteiger partial charge in [-0.3, -0.25) is 4.79 Å². The second kappa shape index (κ2) is 7.32. The molecule has 0 spiro atoms. The Morgan fingerprint density at radius 3 is 2.64 bits per heavy atom. The molecule has 1 N–H and O–H groups in total. The largest absolute Gasteiger partial charge is 0.416 e. The van der Waals surface area contributed by atoms with Crippen LogP contribution in [0.3, 0.4) is 0 Å². The Balaban J connectivity index is 1.85. The molecular formula is C14H15F3N2OS2. The van der Waals surface area contributed by atoms with Crippen molar-refractivity contribution in [2.45, 2.75) is 19.0 Å². The Bertz CT molecular complexity index is 557. The topological polar surface area (TPSA) is 32.3 Å². The standard InChI is InChI=1S/C14H15F3N2OS2/c15-14(16,17)10-4-3-5-11(8-10)18-12(20)9-22-13(21)19-6-1-2-7-19/h3-5,8H,1-2,6-7,9H2,(H,18,20). The van der Waals surface area contributed by atoms with E-state index in [2.05, 4.69) is 5.32 Å². The molecule has 1 saturated heterocycles. The molecule has 22 heavy (non-hydrogen) atoms. The van der Waals surface area contributed by atoms with Gasteiger partial charge < -0.3 is 10.2 Å². The van der Waals surface area contributed by atoms with Crippen molar-refractivity contribution in [1.82, 2.24) is 4.90 Å². The number of hydrogen-bond acceptors (Lipinski definition) is 3. The van der Waals surface area contributed by atoms with E-state index in [-0.39, 0.29) is 17.3 Å². The Morgan fingerprint density at radius 2 is 2.00 bits per heavy atom. The van der Waals surface area contributed by atoms with E-state index in [1.807, 2.05) is 4.90 Å². The van der Waals surface area contributed by atoms with Crippen LogP contribution >= 0.6 is 24.0 Å². The summed E-state index contributed by atoms with van der Waals surface area (Å²) in [6.07, 6.45) is -2.24. The average molecular weight is 348 g/mol. The second-order valence-electron chi connectivity index (χ2n) is 4.88. The van der Waals surface area contributed by atoms with Crippen LogP contribution in [0.2, 0.25) is 0 Å². The summed E-state index contributed by atoms with van der Waals surface area (Å²) < 4.78 is 38.4. The minimum absolute atomic E-state index is 0.0889. The van der Waals surface area contributed by atoms with E-state index >= 15 is 0 Å². The minimum Gasteiger partial charge on any atom is -0.358 e. The van der Waals surface area contributed by atoms with E-state index in [0.717, 1.165) is 38.1 Å².